The Morgan fingerprint density at radius 2 is 1.68 bits per heavy atom. The van der Waals surface area contributed by atoms with Gasteiger partial charge in [0.2, 0.25) is 0 Å². The number of anilines is 1. The molecule has 0 saturated heterocycles. The van der Waals surface area contributed by atoms with Crippen molar-refractivity contribution in [2.24, 2.45) is 0 Å². The van der Waals surface area contributed by atoms with Crippen LogP contribution in [0.25, 0.3) is 0 Å². The minimum absolute atomic E-state index is 0.610. The number of hydrogen-bond donors (Lipinski definition) is 1. The quantitative estimate of drug-likeness (QED) is 0.669. The fraction of sp³-hybridized carbons (Fsp3) is 0.571. The Morgan fingerprint density at radius 1 is 1.00 bits per heavy atom. The Kier molecular flexibility index (Phi) is 8.82. The number of rotatable bonds is 10. The average molecular weight is 332 g/mol. The summed E-state index contributed by atoms with van der Waals surface area (Å²) in [7, 11) is 1.66. The zero-order valence-corrected chi connectivity index (χ0v) is 13.2. The fourth-order valence-corrected chi connectivity index (χ4v) is 2.18. The number of halogens is 1. The summed E-state index contributed by atoms with van der Waals surface area (Å²) in [6.07, 6.45) is 0. The van der Waals surface area contributed by atoms with Crippen molar-refractivity contribution in [3.05, 3.63) is 28.2 Å². The maximum absolute atomic E-state index is 5.46. The molecule has 0 aromatic heterocycles. The van der Waals surface area contributed by atoms with Gasteiger partial charge in [-0.25, -0.2) is 0 Å². The van der Waals surface area contributed by atoms with Gasteiger partial charge < -0.3 is 19.5 Å². The van der Waals surface area contributed by atoms with Crippen LogP contribution in [0, 0.1) is 6.92 Å². The molecule has 0 aliphatic rings. The van der Waals surface area contributed by atoms with Crippen LogP contribution in [0.4, 0.5) is 5.69 Å². The standard InChI is InChI=1S/C14H22BrNO3/c1-12-9-13(15)11-14(10-12)16-3-4-18-7-8-19-6-5-17-2/h9-11,16H,3-8H2,1-2H3. The van der Waals surface area contributed by atoms with Gasteiger partial charge >= 0.3 is 0 Å². The van der Waals surface area contributed by atoms with Crippen LogP contribution in [0.2, 0.25) is 0 Å². The number of nitrogens with one attached hydrogen (secondary N) is 1. The van der Waals surface area contributed by atoms with E-state index in [1.54, 1.807) is 7.11 Å². The maximum atomic E-state index is 5.46. The molecule has 4 nitrogen and oxygen atoms in total. The Hall–Kier alpha value is -0.620. The average Bonchev–Trinajstić information content (AvgIpc) is 2.36. The molecular formula is C14H22BrNO3. The summed E-state index contributed by atoms with van der Waals surface area (Å²) in [6.45, 7) is 6.00. The van der Waals surface area contributed by atoms with Gasteiger partial charge in [0.25, 0.3) is 0 Å². The Labute approximate surface area is 123 Å². The third-order valence-corrected chi connectivity index (χ3v) is 2.88. The Morgan fingerprint density at radius 3 is 2.37 bits per heavy atom. The van der Waals surface area contributed by atoms with Crippen LogP contribution in [0.3, 0.4) is 0 Å². The molecule has 0 spiro atoms. The second kappa shape index (κ2) is 10.2. The molecule has 5 heteroatoms. The molecule has 19 heavy (non-hydrogen) atoms. The lowest BCUT2D eigenvalue weighted by Crippen LogP contribution is -2.13. The molecule has 0 aliphatic carbocycles. The molecule has 1 rings (SSSR count). The minimum atomic E-state index is 0.610. The summed E-state index contributed by atoms with van der Waals surface area (Å²) in [5.74, 6) is 0. The highest BCUT2D eigenvalue weighted by molar-refractivity contribution is 9.10. The zero-order valence-electron chi connectivity index (χ0n) is 11.6. The third-order valence-electron chi connectivity index (χ3n) is 2.42. The molecule has 0 atom stereocenters. The van der Waals surface area contributed by atoms with Crippen LogP contribution in [0.5, 0.6) is 0 Å². The molecule has 0 bridgehead atoms. The summed E-state index contributed by atoms with van der Waals surface area (Å²) in [6, 6.07) is 6.25. The Bertz CT molecular complexity index is 340. The van der Waals surface area contributed by atoms with Gasteiger partial charge in [-0.05, 0) is 30.7 Å². The van der Waals surface area contributed by atoms with E-state index in [1.807, 2.05) is 0 Å². The van der Waals surface area contributed by atoms with Crippen LogP contribution in [-0.4, -0.2) is 46.7 Å². The summed E-state index contributed by atoms with van der Waals surface area (Å²) >= 11 is 3.48. The number of ether oxygens (including phenoxy) is 3. The summed E-state index contributed by atoms with van der Waals surface area (Å²) < 4.78 is 16.7. The van der Waals surface area contributed by atoms with Crippen molar-refractivity contribution in [2.75, 3.05) is 52.0 Å². The SMILES string of the molecule is COCCOCCOCCNc1cc(C)cc(Br)c1. The van der Waals surface area contributed by atoms with Crippen molar-refractivity contribution >= 4 is 21.6 Å². The van der Waals surface area contributed by atoms with Gasteiger partial charge in [0.05, 0.1) is 33.0 Å². The van der Waals surface area contributed by atoms with Crippen molar-refractivity contribution in [3.8, 4) is 0 Å². The van der Waals surface area contributed by atoms with Crippen molar-refractivity contribution < 1.29 is 14.2 Å². The molecule has 1 N–H and O–H groups in total. The second-order valence-electron chi connectivity index (χ2n) is 4.16. The topological polar surface area (TPSA) is 39.7 Å². The molecule has 0 aliphatic heterocycles. The largest absolute Gasteiger partial charge is 0.383 e. The first-order chi connectivity index (χ1) is 9.22. The van der Waals surface area contributed by atoms with E-state index in [9.17, 15) is 0 Å². The first kappa shape index (κ1) is 16.4. The lowest BCUT2D eigenvalue weighted by molar-refractivity contribution is 0.0272. The summed E-state index contributed by atoms with van der Waals surface area (Å²) in [4.78, 5) is 0. The smallest absolute Gasteiger partial charge is 0.0701 e. The molecule has 0 fully saturated rings. The molecule has 0 heterocycles. The predicted molar refractivity (Wildman–Crippen MR) is 80.9 cm³/mol. The van der Waals surface area contributed by atoms with E-state index in [-0.39, 0.29) is 0 Å². The highest BCUT2D eigenvalue weighted by Gasteiger charge is 1.96. The van der Waals surface area contributed by atoms with E-state index in [0.717, 1.165) is 16.7 Å². The van der Waals surface area contributed by atoms with Crippen LogP contribution in [0.15, 0.2) is 22.7 Å². The van der Waals surface area contributed by atoms with E-state index in [2.05, 4.69) is 46.4 Å². The third kappa shape index (κ3) is 8.21. The number of methoxy groups -OCH3 is 1. The molecule has 1 aromatic carbocycles. The van der Waals surface area contributed by atoms with Gasteiger partial charge in [0.1, 0.15) is 0 Å². The number of aryl methyl sites for hydroxylation is 1. The van der Waals surface area contributed by atoms with Crippen LogP contribution < -0.4 is 5.32 Å². The normalized spacial score (nSPS) is 10.7. The van der Waals surface area contributed by atoms with E-state index in [0.29, 0.717) is 33.0 Å². The monoisotopic (exact) mass is 331 g/mol. The lowest BCUT2D eigenvalue weighted by atomic mass is 10.2. The second-order valence-corrected chi connectivity index (χ2v) is 5.08. The highest BCUT2D eigenvalue weighted by atomic mass is 79.9. The number of benzene rings is 1. The van der Waals surface area contributed by atoms with Crippen molar-refractivity contribution in [1.82, 2.24) is 0 Å². The minimum Gasteiger partial charge on any atom is -0.383 e. The van der Waals surface area contributed by atoms with Gasteiger partial charge in [-0.1, -0.05) is 15.9 Å². The van der Waals surface area contributed by atoms with E-state index >= 15 is 0 Å². The maximum Gasteiger partial charge on any atom is 0.0701 e. The molecule has 1 aromatic rings. The molecular weight excluding hydrogens is 310 g/mol. The first-order valence-corrected chi connectivity index (χ1v) is 7.17. The molecule has 108 valence electrons. The van der Waals surface area contributed by atoms with Crippen molar-refractivity contribution in [1.29, 1.82) is 0 Å². The summed E-state index contributed by atoms with van der Waals surface area (Å²) in [5.41, 5.74) is 2.33. The number of hydrogen-bond acceptors (Lipinski definition) is 4. The van der Waals surface area contributed by atoms with Crippen molar-refractivity contribution in [2.45, 2.75) is 6.92 Å². The predicted octanol–water partition coefficient (Wildman–Crippen LogP) is 2.85. The first-order valence-electron chi connectivity index (χ1n) is 6.38. The fourth-order valence-electron chi connectivity index (χ4n) is 1.57. The lowest BCUT2D eigenvalue weighted by Gasteiger charge is -2.09. The van der Waals surface area contributed by atoms with Gasteiger partial charge in [-0.15, -0.1) is 0 Å². The molecule has 0 radical (unpaired) electrons. The summed E-state index contributed by atoms with van der Waals surface area (Å²) in [5, 5.41) is 3.32. The van der Waals surface area contributed by atoms with Crippen LogP contribution >= 0.6 is 15.9 Å². The van der Waals surface area contributed by atoms with Crippen LogP contribution in [-0.2, 0) is 14.2 Å². The molecule has 0 saturated carbocycles. The molecule has 0 unspecified atom stereocenters. The van der Waals surface area contributed by atoms with Gasteiger partial charge in [-0.3, -0.25) is 0 Å². The van der Waals surface area contributed by atoms with Gasteiger partial charge in [-0.2, -0.15) is 0 Å². The van der Waals surface area contributed by atoms with Gasteiger partial charge in [0, 0.05) is 23.8 Å². The molecule has 0 amide bonds. The van der Waals surface area contributed by atoms with E-state index in [1.165, 1.54) is 5.56 Å². The Balaban J connectivity index is 2.01. The van der Waals surface area contributed by atoms with Crippen LogP contribution in [0.1, 0.15) is 5.56 Å². The van der Waals surface area contributed by atoms with E-state index < -0.39 is 0 Å². The van der Waals surface area contributed by atoms with Gasteiger partial charge in [0.15, 0.2) is 0 Å². The van der Waals surface area contributed by atoms with E-state index in [4.69, 9.17) is 14.2 Å². The zero-order chi connectivity index (χ0) is 13.9. The van der Waals surface area contributed by atoms with Crippen molar-refractivity contribution in [3.63, 3.8) is 0 Å². The highest BCUT2D eigenvalue weighted by Crippen LogP contribution is 2.18.